The van der Waals surface area contributed by atoms with Crippen LogP contribution in [0.1, 0.15) is 0 Å². The number of rotatable bonds is 2. The second-order valence-electron chi connectivity index (χ2n) is 1.38. The van der Waals surface area contributed by atoms with Crippen LogP contribution < -0.4 is 0 Å². The summed E-state index contributed by atoms with van der Waals surface area (Å²) in [7, 11) is 0. The predicted octanol–water partition coefficient (Wildman–Crippen LogP) is 1.33. The van der Waals surface area contributed by atoms with E-state index in [1.165, 1.54) is 0 Å². The van der Waals surface area contributed by atoms with Gasteiger partial charge in [-0.25, -0.2) is 0 Å². The molecule has 0 amide bonds. The predicted molar refractivity (Wildman–Crippen MR) is 34.4 cm³/mol. The molecular formula is C4H5BrF3NO. The highest BCUT2D eigenvalue weighted by molar-refractivity contribution is 9.09. The Morgan fingerprint density at radius 1 is 1.50 bits per heavy atom. The zero-order valence-corrected chi connectivity index (χ0v) is 6.41. The van der Waals surface area contributed by atoms with Crippen molar-refractivity contribution in [2.24, 2.45) is 4.99 Å². The van der Waals surface area contributed by atoms with E-state index in [9.17, 15) is 13.2 Å². The monoisotopic (exact) mass is 219 g/mol. The van der Waals surface area contributed by atoms with Crippen molar-refractivity contribution in [1.82, 2.24) is 0 Å². The minimum Gasteiger partial charge on any atom is -0.375 e. The number of halogens is 4. The van der Waals surface area contributed by atoms with Gasteiger partial charge in [-0.3, -0.25) is 4.99 Å². The van der Waals surface area contributed by atoms with E-state index in [0.717, 1.165) is 0 Å². The third-order valence-electron chi connectivity index (χ3n) is 0.715. The number of nitrogens with zero attached hydrogens (tertiary/aromatic N) is 1. The maximum atomic E-state index is 11.6. The lowest BCUT2D eigenvalue weighted by atomic mass is 10.4. The second-order valence-corrected chi connectivity index (χ2v) is 1.94. The van der Waals surface area contributed by atoms with Gasteiger partial charge in [-0.1, -0.05) is 15.9 Å². The van der Waals surface area contributed by atoms with Crippen molar-refractivity contribution in [2.45, 2.75) is 6.18 Å². The Labute approximate surface area is 63.9 Å². The third kappa shape index (κ3) is 3.17. The molecular weight excluding hydrogens is 215 g/mol. The van der Waals surface area contributed by atoms with Gasteiger partial charge in [0.2, 0.25) is 0 Å². The van der Waals surface area contributed by atoms with Gasteiger partial charge in [0.25, 0.3) is 0 Å². The molecule has 0 heterocycles. The molecule has 0 aromatic rings. The first kappa shape index (κ1) is 9.90. The molecule has 0 aromatic heterocycles. The molecule has 0 radical (unpaired) electrons. The number of aliphatic hydroxyl groups is 1. The van der Waals surface area contributed by atoms with Crippen molar-refractivity contribution in [1.29, 1.82) is 0 Å². The maximum Gasteiger partial charge on any atom is 0.429 e. The summed E-state index contributed by atoms with van der Waals surface area (Å²) in [5.74, 6) is 0. The van der Waals surface area contributed by atoms with Crippen molar-refractivity contribution in [2.75, 3.05) is 12.1 Å². The van der Waals surface area contributed by atoms with Crippen LogP contribution >= 0.6 is 15.9 Å². The van der Waals surface area contributed by atoms with Gasteiger partial charge in [0.1, 0.15) is 12.4 Å². The number of hydrogen-bond donors (Lipinski definition) is 1. The van der Waals surface area contributed by atoms with Gasteiger partial charge in [-0.15, -0.1) is 0 Å². The number of hydrogen-bond acceptors (Lipinski definition) is 2. The molecule has 0 aliphatic carbocycles. The van der Waals surface area contributed by atoms with E-state index >= 15 is 0 Å². The summed E-state index contributed by atoms with van der Waals surface area (Å²) in [5.41, 5.74) is -1.00. The number of aliphatic imine (C=N–C) groups is 1. The van der Waals surface area contributed by atoms with Gasteiger partial charge >= 0.3 is 6.18 Å². The summed E-state index contributed by atoms with van der Waals surface area (Å²) < 4.78 is 34.9. The number of aliphatic hydroxyl groups excluding tert-OH is 1. The molecule has 0 rings (SSSR count). The molecule has 0 fully saturated rings. The smallest absolute Gasteiger partial charge is 0.375 e. The van der Waals surface area contributed by atoms with E-state index in [2.05, 4.69) is 20.9 Å². The minimum absolute atomic E-state index is 0.392. The molecule has 10 heavy (non-hydrogen) atoms. The summed E-state index contributed by atoms with van der Waals surface area (Å²) in [6.45, 7) is -0.833. The van der Waals surface area contributed by atoms with Crippen LogP contribution in [0.3, 0.4) is 0 Å². The molecule has 0 saturated heterocycles. The van der Waals surface area contributed by atoms with Gasteiger partial charge in [-0.05, 0) is 0 Å². The van der Waals surface area contributed by atoms with Gasteiger partial charge < -0.3 is 5.11 Å². The average Bonchev–Trinajstić information content (AvgIpc) is 1.80. The average molecular weight is 220 g/mol. The minimum atomic E-state index is -4.44. The van der Waals surface area contributed by atoms with Crippen LogP contribution in [0, 0.1) is 0 Å². The van der Waals surface area contributed by atoms with Crippen molar-refractivity contribution < 1.29 is 18.3 Å². The molecule has 6 heteroatoms. The Hall–Kier alpha value is -0.100. The first-order valence-electron chi connectivity index (χ1n) is 2.29. The summed E-state index contributed by atoms with van der Waals surface area (Å²) in [5, 5.41) is 7.63. The molecule has 0 bridgehead atoms. The fourth-order valence-electron chi connectivity index (χ4n) is 0.293. The summed E-state index contributed by atoms with van der Waals surface area (Å²) >= 11 is 2.59. The van der Waals surface area contributed by atoms with Crippen LogP contribution in [-0.4, -0.2) is 29.1 Å². The maximum absolute atomic E-state index is 11.6. The molecule has 0 aromatic carbocycles. The highest BCUT2D eigenvalue weighted by atomic mass is 79.9. The molecule has 0 spiro atoms. The third-order valence-corrected chi connectivity index (χ3v) is 1.25. The topological polar surface area (TPSA) is 32.6 Å². The Morgan fingerprint density at radius 3 is 2.10 bits per heavy atom. The first-order valence-corrected chi connectivity index (χ1v) is 3.42. The zero-order chi connectivity index (χ0) is 8.20. The fourth-order valence-corrected chi connectivity index (χ4v) is 0.788. The van der Waals surface area contributed by atoms with Gasteiger partial charge in [-0.2, -0.15) is 13.2 Å². The Kier molecular flexibility index (Phi) is 3.88. The van der Waals surface area contributed by atoms with E-state index in [0.29, 0.717) is 0 Å². The van der Waals surface area contributed by atoms with Crippen LogP contribution in [0.5, 0.6) is 0 Å². The van der Waals surface area contributed by atoms with Crippen LogP contribution in [0.4, 0.5) is 13.2 Å². The van der Waals surface area contributed by atoms with Crippen molar-refractivity contribution in [3.63, 3.8) is 0 Å². The van der Waals surface area contributed by atoms with E-state index in [1.54, 1.807) is 0 Å². The largest absolute Gasteiger partial charge is 0.429 e. The van der Waals surface area contributed by atoms with E-state index in [4.69, 9.17) is 5.11 Å². The molecule has 0 atom stereocenters. The van der Waals surface area contributed by atoms with Crippen molar-refractivity contribution >= 4 is 21.6 Å². The second kappa shape index (κ2) is 3.92. The molecule has 0 aliphatic rings. The highest BCUT2D eigenvalue weighted by Crippen LogP contribution is 2.18. The van der Waals surface area contributed by atoms with Crippen LogP contribution in [0.2, 0.25) is 0 Å². The van der Waals surface area contributed by atoms with E-state index < -0.39 is 23.9 Å². The van der Waals surface area contributed by atoms with E-state index in [1.807, 2.05) is 0 Å². The van der Waals surface area contributed by atoms with Gasteiger partial charge in [0.05, 0.1) is 5.33 Å². The molecule has 1 N–H and O–H groups in total. The summed E-state index contributed by atoms with van der Waals surface area (Å²) in [4.78, 5) is 2.81. The SMILES string of the molecule is OCN=C(CBr)C(F)(F)F. The van der Waals surface area contributed by atoms with Crippen LogP contribution in [-0.2, 0) is 0 Å². The molecule has 60 valence electrons. The zero-order valence-electron chi connectivity index (χ0n) is 4.82. The summed E-state index contributed by atoms with van der Waals surface area (Å²) in [6, 6.07) is 0. The highest BCUT2D eigenvalue weighted by Gasteiger charge is 2.34. The lowest BCUT2D eigenvalue weighted by molar-refractivity contribution is -0.0594. The van der Waals surface area contributed by atoms with E-state index in [-0.39, 0.29) is 0 Å². The van der Waals surface area contributed by atoms with Gasteiger partial charge in [0, 0.05) is 0 Å². The standard InChI is InChI=1S/C4H5BrF3NO/c5-1-3(9-2-10)4(6,7)8/h10H,1-2H2. The lowest BCUT2D eigenvalue weighted by Gasteiger charge is -2.05. The Balaban J connectivity index is 4.21. The Bertz CT molecular complexity index is 133. The molecule has 0 unspecified atom stereocenters. The lowest BCUT2D eigenvalue weighted by Crippen LogP contribution is -2.24. The fraction of sp³-hybridized carbons (Fsp3) is 0.750. The normalized spacial score (nSPS) is 13.9. The number of alkyl halides is 4. The molecule has 0 aliphatic heterocycles. The molecule has 0 saturated carbocycles. The van der Waals surface area contributed by atoms with Crippen LogP contribution in [0.25, 0.3) is 0 Å². The first-order chi connectivity index (χ1) is 4.52. The molecule has 2 nitrogen and oxygen atoms in total. The summed E-state index contributed by atoms with van der Waals surface area (Å²) in [6.07, 6.45) is -4.44. The van der Waals surface area contributed by atoms with Crippen molar-refractivity contribution in [3.8, 4) is 0 Å². The van der Waals surface area contributed by atoms with Crippen molar-refractivity contribution in [3.05, 3.63) is 0 Å². The van der Waals surface area contributed by atoms with Gasteiger partial charge in [0.15, 0.2) is 0 Å². The quantitative estimate of drug-likeness (QED) is 0.552. The Morgan fingerprint density at radius 2 is 2.00 bits per heavy atom. The van der Waals surface area contributed by atoms with Crippen LogP contribution in [0.15, 0.2) is 4.99 Å².